The molecule has 1 aromatic carbocycles. The van der Waals surface area contributed by atoms with Gasteiger partial charge in [-0.1, -0.05) is 13.8 Å². The van der Waals surface area contributed by atoms with Crippen LogP contribution in [-0.2, 0) is 14.4 Å². The zero-order valence-corrected chi connectivity index (χ0v) is 16.0. The number of benzene rings is 1. The lowest BCUT2D eigenvalue weighted by molar-refractivity contribution is -0.174. The summed E-state index contributed by atoms with van der Waals surface area (Å²) in [4.78, 5) is 18.0. The average molecular weight is 351 g/mol. The summed E-state index contributed by atoms with van der Waals surface area (Å²) in [6, 6.07) is 5.70. The van der Waals surface area contributed by atoms with Crippen molar-refractivity contribution >= 4 is 5.91 Å². The third-order valence-corrected chi connectivity index (χ3v) is 5.13. The van der Waals surface area contributed by atoms with Crippen LogP contribution in [0.5, 0.6) is 11.5 Å². The van der Waals surface area contributed by atoms with Gasteiger partial charge in [0, 0.05) is 31.6 Å². The lowest BCUT2D eigenvalue weighted by Crippen LogP contribution is -2.35. The number of ether oxygens (including phenoxy) is 3. The number of hydrogen-bond donors (Lipinski definition) is 0. The lowest BCUT2D eigenvalue weighted by Gasteiger charge is -2.33. The summed E-state index contributed by atoms with van der Waals surface area (Å²) in [5, 5.41) is 1.31. The molecule has 1 aliphatic rings. The van der Waals surface area contributed by atoms with Crippen molar-refractivity contribution in [3.05, 3.63) is 23.8 Å². The number of hydrogen-bond acceptors (Lipinski definition) is 5. The van der Waals surface area contributed by atoms with Crippen LogP contribution >= 0.6 is 0 Å². The molecule has 1 fully saturated rings. The molecule has 25 heavy (non-hydrogen) atoms. The lowest BCUT2D eigenvalue weighted by atomic mass is 9.73. The molecule has 0 aliphatic heterocycles. The zero-order valence-electron chi connectivity index (χ0n) is 16.0. The summed E-state index contributed by atoms with van der Waals surface area (Å²) < 4.78 is 16.2. The Kier molecular flexibility index (Phi) is 6.30. The van der Waals surface area contributed by atoms with Crippen LogP contribution in [0, 0.1) is 11.3 Å². The summed E-state index contributed by atoms with van der Waals surface area (Å²) >= 11 is 0. The van der Waals surface area contributed by atoms with Crippen LogP contribution in [0.3, 0.4) is 0 Å². The first-order valence-corrected chi connectivity index (χ1v) is 8.47. The van der Waals surface area contributed by atoms with E-state index in [4.69, 9.17) is 19.0 Å². The van der Waals surface area contributed by atoms with Crippen LogP contribution in [-0.4, -0.2) is 46.1 Å². The highest BCUT2D eigenvalue weighted by Crippen LogP contribution is 2.55. The Labute approximate surface area is 149 Å². The van der Waals surface area contributed by atoms with Gasteiger partial charge in [-0.15, -0.1) is 0 Å². The van der Waals surface area contributed by atoms with E-state index in [0.717, 1.165) is 29.9 Å². The second kappa shape index (κ2) is 8.06. The smallest absolute Gasteiger partial charge is 0.249 e. The van der Waals surface area contributed by atoms with Crippen LogP contribution in [0.4, 0.5) is 0 Å². The Bertz CT molecular complexity index is 601. The topological polar surface area (TPSA) is 57.2 Å². The predicted octanol–water partition coefficient (Wildman–Crippen LogP) is 3.22. The number of carbonyl (C=O) groups is 1. The molecule has 0 radical (unpaired) electrons. The maximum atomic E-state index is 12.8. The Morgan fingerprint density at radius 1 is 1.28 bits per heavy atom. The normalized spacial score (nSPS) is 21.8. The highest BCUT2D eigenvalue weighted by Gasteiger charge is 2.48. The highest BCUT2D eigenvalue weighted by molar-refractivity contribution is 5.79. The van der Waals surface area contributed by atoms with Gasteiger partial charge in [-0.2, -0.15) is 0 Å². The van der Waals surface area contributed by atoms with Gasteiger partial charge in [0.2, 0.25) is 5.91 Å². The number of methoxy groups -OCH3 is 2. The van der Waals surface area contributed by atoms with E-state index in [1.165, 1.54) is 12.2 Å². The average Bonchev–Trinajstić information content (AvgIpc) is 2.93. The number of nitrogens with zero attached hydrogens (tertiary/aromatic N) is 1. The Morgan fingerprint density at radius 2 is 2.00 bits per heavy atom. The van der Waals surface area contributed by atoms with Gasteiger partial charge in [0.05, 0.1) is 14.2 Å². The van der Waals surface area contributed by atoms with E-state index in [0.29, 0.717) is 0 Å². The molecular formula is C19H29NO5. The fourth-order valence-electron chi connectivity index (χ4n) is 3.77. The van der Waals surface area contributed by atoms with Crippen molar-refractivity contribution in [2.45, 2.75) is 32.6 Å². The van der Waals surface area contributed by atoms with Gasteiger partial charge < -0.3 is 14.2 Å². The minimum atomic E-state index is -0.169. The Hall–Kier alpha value is -1.79. The van der Waals surface area contributed by atoms with Crippen molar-refractivity contribution in [1.82, 2.24) is 5.06 Å². The summed E-state index contributed by atoms with van der Waals surface area (Å²) in [6.07, 6.45) is 1.76. The highest BCUT2D eigenvalue weighted by atomic mass is 16.7. The van der Waals surface area contributed by atoms with Gasteiger partial charge in [-0.05, 0) is 36.5 Å². The first kappa shape index (κ1) is 19.5. The molecule has 1 aromatic rings. The van der Waals surface area contributed by atoms with Crippen LogP contribution in [0.2, 0.25) is 0 Å². The van der Waals surface area contributed by atoms with Gasteiger partial charge in [-0.3, -0.25) is 9.63 Å². The van der Waals surface area contributed by atoms with Crippen molar-refractivity contribution in [3.8, 4) is 11.5 Å². The molecule has 0 unspecified atom stereocenters. The largest absolute Gasteiger partial charge is 0.497 e. The fourth-order valence-corrected chi connectivity index (χ4v) is 3.77. The second-order valence-corrected chi connectivity index (χ2v) is 7.08. The number of carbonyl (C=O) groups excluding carboxylic acids is 1. The summed E-state index contributed by atoms with van der Waals surface area (Å²) in [5.41, 5.74) is 0.925. The van der Waals surface area contributed by atoms with Crippen LogP contribution in [0.25, 0.3) is 0 Å². The maximum absolute atomic E-state index is 12.8. The molecule has 2 rings (SSSR count). The Morgan fingerprint density at radius 3 is 2.60 bits per heavy atom. The Balaban J connectivity index is 2.48. The standard InChI is InChI=1S/C19H29NO5/c1-19(2)10-9-14(18(21)20(3)24-6)17(19)15-11-13(23-5)7-8-16(15)25-12-22-4/h7-8,11,14,17H,9-10,12H2,1-6H3/t14-,17+/m0/s1. The van der Waals surface area contributed by atoms with E-state index in [-0.39, 0.29) is 30.0 Å². The number of hydroxylamine groups is 2. The van der Waals surface area contributed by atoms with Crippen molar-refractivity contribution < 1.29 is 23.8 Å². The van der Waals surface area contributed by atoms with Gasteiger partial charge in [0.1, 0.15) is 11.5 Å². The van der Waals surface area contributed by atoms with E-state index < -0.39 is 0 Å². The van der Waals surface area contributed by atoms with Crippen LogP contribution in [0.15, 0.2) is 18.2 Å². The van der Waals surface area contributed by atoms with Gasteiger partial charge >= 0.3 is 0 Å². The molecule has 1 saturated carbocycles. The molecule has 1 amide bonds. The minimum absolute atomic E-state index is 0.000411. The molecule has 0 heterocycles. The van der Waals surface area contributed by atoms with E-state index in [9.17, 15) is 4.79 Å². The quantitative estimate of drug-likeness (QED) is 0.558. The summed E-state index contributed by atoms with van der Waals surface area (Å²) in [7, 11) is 6.38. The third-order valence-electron chi connectivity index (χ3n) is 5.13. The van der Waals surface area contributed by atoms with Crippen LogP contribution in [0.1, 0.15) is 38.2 Å². The van der Waals surface area contributed by atoms with Crippen molar-refractivity contribution in [1.29, 1.82) is 0 Å². The van der Waals surface area contributed by atoms with E-state index in [1.54, 1.807) is 21.3 Å². The second-order valence-electron chi connectivity index (χ2n) is 7.08. The molecule has 140 valence electrons. The molecular weight excluding hydrogens is 322 g/mol. The molecule has 6 nitrogen and oxygen atoms in total. The molecule has 2 atom stereocenters. The van der Waals surface area contributed by atoms with Crippen molar-refractivity contribution in [3.63, 3.8) is 0 Å². The van der Waals surface area contributed by atoms with Gasteiger partial charge in [-0.25, -0.2) is 5.06 Å². The third kappa shape index (κ3) is 4.07. The molecule has 0 aromatic heterocycles. The van der Waals surface area contributed by atoms with Gasteiger partial charge in [0.25, 0.3) is 0 Å². The van der Waals surface area contributed by atoms with E-state index in [1.807, 2.05) is 18.2 Å². The molecule has 6 heteroatoms. The first-order valence-electron chi connectivity index (χ1n) is 8.47. The number of amides is 1. The number of rotatable bonds is 7. The zero-order chi connectivity index (χ0) is 18.6. The summed E-state index contributed by atoms with van der Waals surface area (Å²) in [5.74, 6) is 1.28. The van der Waals surface area contributed by atoms with E-state index >= 15 is 0 Å². The van der Waals surface area contributed by atoms with E-state index in [2.05, 4.69) is 13.8 Å². The summed E-state index contributed by atoms with van der Waals surface area (Å²) in [6.45, 7) is 4.54. The first-order chi connectivity index (χ1) is 11.9. The molecule has 0 N–H and O–H groups in total. The predicted molar refractivity (Wildman–Crippen MR) is 94.5 cm³/mol. The minimum Gasteiger partial charge on any atom is -0.497 e. The van der Waals surface area contributed by atoms with Crippen molar-refractivity contribution in [2.75, 3.05) is 35.2 Å². The molecule has 0 spiro atoms. The molecule has 0 bridgehead atoms. The maximum Gasteiger partial charge on any atom is 0.249 e. The van der Waals surface area contributed by atoms with Crippen molar-refractivity contribution in [2.24, 2.45) is 11.3 Å². The molecule has 1 aliphatic carbocycles. The molecule has 0 saturated heterocycles. The van der Waals surface area contributed by atoms with Crippen LogP contribution < -0.4 is 9.47 Å². The fraction of sp³-hybridized carbons (Fsp3) is 0.632. The SMILES string of the molecule is COCOc1ccc(OC)cc1[C@H]1[C@@H](C(=O)N(C)OC)CCC1(C)C. The monoisotopic (exact) mass is 351 g/mol. The van der Waals surface area contributed by atoms with Gasteiger partial charge in [0.15, 0.2) is 6.79 Å².